The molecule has 2 N–H and O–H groups in total. The topological polar surface area (TPSA) is 35.2 Å². The molecule has 1 unspecified atom stereocenters. The highest BCUT2D eigenvalue weighted by Gasteiger charge is 2.04. The lowest BCUT2D eigenvalue weighted by molar-refractivity contribution is 0.108. The van der Waals surface area contributed by atoms with E-state index in [0.717, 1.165) is 6.42 Å². The van der Waals surface area contributed by atoms with Gasteiger partial charge >= 0.3 is 0 Å². The molecule has 2 rings (SSSR count). The molecule has 0 spiro atoms. The summed E-state index contributed by atoms with van der Waals surface area (Å²) in [5.74, 6) is 0. The first kappa shape index (κ1) is 13.8. The van der Waals surface area contributed by atoms with Crippen molar-refractivity contribution in [1.29, 1.82) is 0 Å². The number of ether oxygens (including phenoxy) is 1. The predicted octanol–water partition coefficient (Wildman–Crippen LogP) is 3.08. The van der Waals surface area contributed by atoms with Crippen molar-refractivity contribution in [2.24, 2.45) is 5.73 Å². The third kappa shape index (κ3) is 4.86. The lowest BCUT2D eigenvalue weighted by Gasteiger charge is -2.12. The zero-order valence-corrected chi connectivity index (χ0v) is 11.4. The number of aryl methyl sites for hydroxylation is 1. The van der Waals surface area contributed by atoms with Gasteiger partial charge in [-0.1, -0.05) is 60.2 Å². The van der Waals surface area contributed by atoms with E-state index in [4.69, 9.17) is 10.5 Å². The molecule has 1 atom stereocenters. The van der Waals surface area contributed by atoms with E-state index in [1.54, 1.807) is 0 Å². The SMILES string of the molecule is Cc1ccc(CC(N)COCc2ccccc2)cc1. The van der Waals surface area contributed by atoms with Crippen molar-refractivity contribution in [3.63, 3.8) is 0 Å². The van der Waals surface area contributed by atoms with Crippen LogP contribution in [-0.2, 0) is 17.8 Å². The summed E-state index contributed by atoms with van der Waals surface area (Å²) in [5.41, 5.74) is 9.81. The van der Waals surface area contributed by atoms with E-state index in [2.05, 4.69) is 43.3 Å². The van der Waals surface area contributed by atoms with Gasteiger partial charge in [0.2, 0.25) is 0 Å². The Morgan fingerprint density at radius 1 is 0.947 bits per heavy atom. The van der Waals surface area contributed by atoms with E-state index in [-0.39, 0.29) is 6.04 Å². The Morgan fingerprint density at radius 2 is 1.63 bits per heavy atom. The van der Waals surface area contributed by atoms with E-state index < -0.39 is 0 Å². The zero-order valence-electron chi connectivity index (χ0n) is 11.4. The normalized spacial score (nSPS) is 12.3. The Kier molecular flexibility index (Phi) is 5.13. The van der Waals surface area contributed by atoms with E-state index in [9.17, 15) is 0 Å². The maximum absolute atomic E-state index is 6.08. The average Bonchev–Trinajstić information content (AvgIpc) is 2.43. The molecule has 0 saturated carbocycles. The summed E-state index contributed by atoms with van der Waals surface area (Å²) in [7, 11) is 0. The maximum atomic E-state index is 6.08. The molecule has 0 aliphatic rings. The molecule has 2 aromatic rings. The fraction of sp³-hybridized carbons (Fsp3) is 0.294. The molecule has 19 heavy (non-hydrogen) atoms. The van der Waals surface area contributed by atoms with Crippen LogP contribution in [0.3, 0.4) is 0 Å². The predicted molar refractivity (Wildman–Crippen MR) is 79.0 cm³/mol. The summed E-state index contributed by atoms with van der Waals surface area (Å²) in [4.78, 5) is 0. The van der Waals surface area contributed by atoms with Crippen LogP contribution in [0.15, 0.2) is 54.6 Å². The third-order valence-corrected chi connectivity index (χ3v) is 3.06. The molecule has 0 heterocycles. The summed E-state index contributed by atoms with van der Waals surface area (Å²) >= 11 is 0. The second-order valence-electron chi connectivity index (χ2n) is 4.95. The van der Waals surface area contributed by atoms with Crippen LogP contribution in [0.5, 0.6) is 0 Å². The molecule has 2 nitrogen and oxygen atoms in total. The van der Waals surface area contributed by atoms with Gasteiger partial charge in [0, 0.05) is 6.04 Å². The lowest BCUT2D eigenvalue weighted by atomic mass is 10.1. The lowest BCUT2D eigenvalue weighted by Crippen LogP contribution is -2.28. The third-order valence-electron chi connectivity index (χ3n) is 3.06. The summed E-state index contributed by atoms with van der Waals surface area (Å²) < 4.78 is 5.65. The van der Waals surface area contributed by atoms with Crippen molar-refractivity contribution in [1.82, 2.24) is 0 Å². The van der Waals surface area contributed by atoms with Gasteiger partial charge in [-0.05, 0) is 24.5 Å². The van der Waals surface area contributed by atoms with Gasteiger partial charge < -0.3 is 10.5 Å². The van der Waals surface area contributed by atoms with Crippen LogP contribution in [0, 0.1) is 6.92 Å². The molecular formula is C17H21NO. The van der Waals surface area contributed by atoms with Crippen LogP contribution in [0.25, 0.3) is 0 Å². The molecule has 0 aliphatic carbocycles. The largest absolute Gasteiger partial charge is 0.375 e. The monoisotopic (exact) mass is 255 g/mol. The average molecular weight is 255 g/mol. The van der Waals surface area contributed by atoms with Crippen molar-refractivity contribution >= 4 is 0 Å². The van der Waals surface area contributed by atoms with Gasteiger partial charge in [-0.25, -0.2) is 0 Å². The van der Waals surface area contributed by atoms with Crippen LogP contribution in [-0.4, -0.2) is 12.6 Å². The van der Waals surface area contributed by atoms with Crippen LogP contribution in [0.2, 0.25) is 0 Å². The van der Waals surface area contributed by atoms with Crippen LogP contribution >= 0.6 is 0 Å². The van der Waals surface area contributed by atoms with Gasteiger partial charge in [0.15, 0.2) is 0 Å². The van der Waals surface area contributed by atoms with Crippen molar-refractivity contribution in [3.05, 3.63) is 71.3 Å². The number of hydrogen-bond donors (Lipinski definition) is 1. The van der Waals surface area contributed by atoms with Crippen molar-refractivity contribution in [2.45, 2.75) is 26.0 Å². The van der Waals surface area contributed by atoms with Gasteiger partial charge in [0.1, 0.15) is 0 Å². The first-order valence-electron chi connectivity index (χ1n) is 6.67. The van der Waals surface area contributed by atoms with Gasteiger partial charge in [-0.15, -0.1) is 0 Å². The summed E-state index contributed by atoms with van der Waals surface area (Å²) in [5, 5.41) is 0. The quantitative estimate of drug-likeness (QED) is 0.861. The number of rotatable bonds is 6. The minimum atomic E-state index is 0.0476. The Labute approximate surface area is 115 Å². The Bertz CT molecular complexity index is 478. The Morgan fingerprint density at radius 3 is 2.32 bits per heavy atom. The summed E-state index contributed by atoms with van der Waals surface area (Å²) in [6.07, 6.45) is 0.856. The second kappa shape index (κ2) is 7.07. The van der Waals surface area contributed by atoms with Gasteiger partial charge in [-0.3, -0.25) is 0 Å². The molecule has 2 heteroatoms. The maximum Gasteiger partial charge on any atom is 0.0717 e. The first-order chi connectivity index (χ1) is 9.24. The zero-order chi connectivity index (χ0) is 13.5. The molecule has 0 aliphatic heterocycles. The molecule has 0 fully saturated rings. The smallest absolute Gasteiger partial charge is 0.0717 e. The van der Waals surface area contributed by atoms with Crippen LogP contribution < -0.4 is 5.73 Å². The fourth-order valence-electron chi connectivity index (χ4n) is 1.99. The van der Waals surface area contributed by atoms with E-state index in [1.165, 1.54) is 16.7 Å². The number of hydrogen-bond acceptors (Lipinski definition) is 2. The Balaban J connectivity index is 1.73. The fourth-order valence-corrected chi connectivity index (χ4v) is 1.99. The first-order valence-corrected chi connectivity index (χ1v) is 6.67. The molecule has 0 saturated heterocycles. The summed E-state index contributed by atoms with van der Waals surface area (Å²) in [6, 6.07) is 18.7. The molecule has 0 radical (unpaired) electrons. The second-order valence-corrected chi connectivity index (χ2v) is 4.95. The standard InChI is InChI=1S/C17H21NO/c1-14-7-9-15(10-8-14)11-17(18)13-19-12-16-5-3-2-4-6-16/h2-10,17H,11-13,18H2,1H3. The molecule has 0 bridgehead atoms. The molecule has 2 aromatic carbocycles. The summed E-state index contributed by atoms with van der Waals surface area (Å²) in [6.45, 7) is 3.30. The van der Waals surface area contributed by atoms with Gasteiger partial charge in [0.25, 0.3) is 0 Å². The molecule has 100 valence electrons. The van der Waals surface area contributed by atoms with Crippen LogP contribution in [0.4, 0.5) is 0 Å². The van der Waals surface area contributed by atoms with E-state index >= 15 is 0 Å². The number of benzene rings is 2. The molecular weight excluding hydrogens is 234 g/mol. The van der Waals surface area contributed by atoms with Crippen molar-refractivity contribution in [3.8, 4) is 0 Å². The van der Waals surface area contributed by atoms with Gasteiger partial charge in [-0.2, -0.15) is 0 Å². The molecule has 0 amide bonds. The van der Waals surface area contributed by atoms with Crippen molar-refractivity contribution < 1.29 is 4.74 Å². The molecule has 0 aromatic heterocycles. The van der Waals surface area contributed by atoms with Crippen LogP contribution in [0.1, 0.15) is 16.7 Å². The number of nitrogens with two attached hydrogens (primary N) is 1. The highest BCUT2D eigenvalue weighted by atomic mass is 16.5. The van der Waals surface area contributed by atoms with Gasteiger partial charge in [0.05, 0.1) is 13.2 Å². The minimum absolute atomic E-state index is 0.0476. The highest BCUT2D eigenvalue weighted by molar-refractivity contribution is 5.22. The minimum Gasteiger partial charge on any atom is -0.375 e. The highest BCUT2D eigenvalue weighted by Crippen LogP contribution is 2.06. The van der Waals surface area contributed by atoms with Crippen molar-refractivity contribution in [2.75, 3.05) is 6.61 Å². The Hall–Kier alpha value is -1.64. The van der Waals surface area contributed by atoms with E-state index in [0.29, 0.717) is 13.2 Å². The van der Waals surface area contributed by atoms with E-state index in [1.807, 2.05) is 18.2 Å².